The molecule has 1 aromatic carbocycles. The largest absolute Gasteiger partial charge is 0.481 e. The summed E-state index contributed by atoms with van der Waals surface area (Å²) in [5, 5.41) is 8.61. The molecular weight excluding hydrogens is 176 g/mol. The van der Waals surface area contributed by atoms with Gasteiger partial charge in [0.25, 0.3) is 0 Å². The Kier molecular flexibility index (Phi) is 2.53. The first kappa shape index (κ1) is 9.25. The Labute approximate surface area is 83.6 Å². The zero-order valence-electron chi connectivity index (χ0n) is 8.02. The Morgan fingerprint density at radius 2 is 2.00 bits per heavy atom. The van der Waals surface area contributed by atoms with Gasteiger partial charge < -0.3 is 5.11 Å². The van der Waals surface area contributed by atoms with Crippen molar-refractivity contribution >= 4 is 5.97 Å². The highest BCUT2D eigenvalue weighted by Crippen LogP contribution is 2.43. The van der Waals surface area contributed by atoms with E-state index >= 15 is 0 Å². The lowest BCUT2D eigenvalue weighted by molar-refractivity contribution is -0.137. The zero-order valence-corrected chi connectivity index (χ0v) is 8.02. The fraction of sp³-hybridized carbons (Fsp3) is 0.417. The molecule has 0 saturated heterocycles. The third kappa shape index (κ3) is 2.34. The Bertz CT molecular complexity index is 318. The number of hydrogen-bond acceptors (Lipinski definition) is 1. The molecule has 1 saturated carbocycles. The lowest BCUT2D eigenvalue weighted by Gasteiger charge is -1.98. The van der Waals surface area contributed by atoms with E-state index in [0.29, 0.717) is 18.3 Å². The third-order valence-corrected chi connectivity index (χ3v) is 2.85. The summed E-state index contributed by atoms with van der Waals surface area (Å²) in [5.74, 6) is 0.367. The Morgan fingerprint density at radius 3 is 2.64 bits per heavy atom. The first-order valence-electron chi connectivity index (χ1n) is 5.01. The highest BCUT2D eigenvalue weighted by molar-refractivity contribution is 5.67. The van der Waals surface area contributed by atoms with Gasteiger partial charge in [-0.25, -0.2) is 0 Å². The van der Waals surface area contributed by atoms with Crippen molar-refractivity contribution in [1.29, 1.82) is 0 Å². The van der Waals surface area contributed by atoms with E-state index in [0.717, 1.165) is 12.8 Å². The van der Waals surface area contributed by atoms with E-state index < -0.39 is 5.97 Å². The standard InChI is InChI=1S/C12H14O2/c13-12(14)8-11-7-10(11)6-9-4-2-1-3-5-9/h1-5,10-11H,6-8H2,(H,13,14). The van der Waals surface area contributed by atoms with Crippen molar-refractivity contribution in [2.24, 2.45) is 11.8 Å². The molecule has 2 atom stereocenters. The molecule has 1 aliphatic rings. The van der Waals surface area contributed by atoms with Gasteiger partial charge in [0.05, 0.1) is 0 Å². The molecule has 1 fully saturated rings. The van der Waals surface area contributed by atoms with Crippen LogP contribution in [0.15, 0.2) is 30.3 Å². The number of aliphatic carboxylic acids is 1. The van der Waals surface area contributed by atoms with Gasteiger partial charge in [0.15, 0.2) is 0 Å². The molecule has 14 heavy (non-hydrogen) atoms. The number of benzene rings is 1. The summed E-state index contributed by atoms with van der Waals surface area (Å²) in [6, 6.07) is 10.3. The maximum Gasteiger partial charge on any atom is 0.303 e. The quantitative estimate of drug-likeness (QED) is 0.791. The SMILES string of the molecule is O=C(O)CC1CC1Cc1ccccc1. The van der Waals surface area contributed by atoms with Crippen LogP contribution in [0.2, 0.25) is 0 Å². The third-order valence-electron chi connectivity index (χ3n) is 2.85. The summed E-state index contributed by atoms with van der Waals surface area (Å²) < 4.78 is 0. The van der Waals surface area contributed by atoms with Gasteiger partial charge in [0.2, 0.25) is 0 Å². The van der Waals surface area contributed by atoms with Crippen LogP contribution in [0.5, 0.6) is 0 Å². The lowest BCUT2D eigenvalue weighted by Crippen LogP contribution is -1.98. The molecular formula is C12H14O2. The van der Waals surface area contributed by atoms with Crippen LogP contribution in [0, 0.1) is 11.8 Å². The van der Waals surface area contributed by atoms with Gasteiger partial charge in [-0.1, -0.05) is 30.3 Å². The molecule has 2 heteroatoms. The number of hydrogen-bond donors (Lipinski definition) is 1. The molecule has 0 bridgehead atoms. The normalized spacial score (nSPS) is 24.6. The van der Waals surface area contributed by atoms with Crippen LogP contribution in [0.3, 0.4) is 0 Å². The molecule has 0 aliphatic heterocycles. The maximum atomic E-state index is 10.4. The fourth-order valence-corrected chi connectivity index (χ4v) is 1.95. The summed E-state index contributed by atoms with van der Waals surface area (Å²) >= 11 is 0. The van der Waals surface area contributed by atoms with Crippen molar-refractivity contribution < 1.29 is 9.90 Å². The van der Waals surface area contributed by atoms with Crippen molar-refractivity contribution in [2.75, 3.05) is 0 Å². The van der Waals surface area contributed by atoms with Crippen LogP contribution >= 0.6 is 0 Å². The molecule has 74 valence electrons. The topological polar surface area (TPSA) is 37.3 Å². The second-order valence-corrected chi connectivity index (χ2v) is 4.04. The van der Waals surface area contributed by atoms with Gasteiger partial charge in [-0.3, -0.25) is 4.79 Å². The number of carboxylic acids is 1. The van der Waals surface area contributed by atoms with E-state index in [1.54, 1.807) is 0 Å². The second kappa shape index (κ2) is 3.82. The number of carboxylic acid groups (broad SMARTS) is 1. The average molecular weight is 190 g/mol. The van der Waals surface area contributed by atoms with E-state index in [1.165, 1.54) is 5.56 Å². The van der Waals surface area contributed by atoms with Crippen LogP contribution < -0.4 is 0 Å². The first-order valence-corrected chi connectivity index (χ1v) is 5.01. The molecule has 1 aromatic rings. The van der Waals surface area contributed by atoms with Crippen molar-refractivity contribution in [3.8, 4) is 0 Å². The minimum atomic E-state index is -0.662. The van der Waals surface area contributed by atoms with E-state index in [-0.39, 0.29) is 0 Å². The van der Waals surface area contributed by atoms with E-state index in [9.17, 15) is 4.79 Å². The number of carbonyl (C=O) groups is 1. The predicted molar refractivity (Wildman–Crippen MR) is 54.0 cm³/mol. The second-order valence-electron chi connectivity index (χ2n) is 4.04. The highest BCUT2D eigenvalue weighted by atomic mass is 16.4. The summed E-state index contributed by atoms with van der Waals surface area (Å²) in [6.45, 7) is 0. The Hall–Kier alpha value is -1.31. The zero-order chi connectivity index (χ0) is 9.97. The molecule has 0 radical (unpaired) electrons. The molecule has 0 spiro atoms. The summed E-state index contributed by atoms with van der Waals surface area (Å²) in [5.41, 5.74) is 1.32. The molecule has 1 aliphatic carbocycles. The van der Waals surface area contributed by atoms with Crippen LogP contribution in [0.4, 0.5) is 0 Å². The minimum Gasteiger partial charge on any atom is -0.481 e. The molecule has 1 N–H and O–H groups in total. The van der Waals surface area contributed by atoms with Crippen LogP contribution in [0.25, 0.3) is 0 Å². The Morgan fingerprint density at radius 1 is 1.29 bits per heavy atom. The molecule has 2 unspecified atom stereocenters. The fourth-order valence-electron chi connectivity index (χ4n) is 1.95. The molecule has 0 heterocycles. The van der Waals surface area contributed by atoms with Gasteiger partial charge in [0.1, 0.15) is 0 Å². The van der Waals surface area contributed by atoms with Crippen LogP contribution in [-0.4, -0.2) is 11.1 Å². The Balaban J connectivity index is 1.82. The monoisotopic (exact) mass is 190 g/mol. The number of rotatable bonds is 4. The van der Waals surface area contributed by atoms with Crippen LogP contribution in [-0.2, 0) is 11.2 Å². The average Bonchev–Trinajstić information content (AvgIpc) is 2.84. The van der Waals surface area contributed by atoms with E-state index in [1.807, 2.05) is 18.2 Å². The van der Waals surface area contributed by atoms with Gasteiger partial charge in [-0.05, 0) is 30.2 Å². The summed E-state index contributed by atoms with van der Waals surface area (Å²) in [6.07, 6.45) is 2.47. The van der Waals surface area contributed by atoms with Gasteiger partial charge in [-0.15, -0.1) is 0 Å². The van der Waals surface area contributed by atoms with Crippen molar-refractivity contribution in [3.63, 3.8) is 0 Å². The lowest BCUT2D eigenvalue weighted by atomic mass is 10.1. The molecule has 0 aromatic heterocycles. The molecule has 2 rings (SSSR count). The maximum absolute atomic E-state index is 10.4. The van der Waals surface area contributed by atoms with Crippen molar-refractivity contribution in [2.45, 2.75) is 19.3 Å². The van der Waals surface area contributed by atoms with Gasteiger partial charge >= 0.3 is 5.97 Å². The smallest absolute Gasteiger partial charge is 0.303 e. The molecule has 0 amide bonds. The van der Waals surface area contributed by atoms with Gasteiger partial charge in [0, 0.05) is 6.42 Å². The van der Waals surface area contributed by atoms with E-state index in [2.05, 4.69) is 12.1 Å². The summed E-state index contributed by atoms with van der Waals surface area (Å²) in [4.78, 5) is 10.4. The summed E-state index contributed by atoms with van der Waals surface area (Å²) in [7, 11) is 0. The minimum absolute atomic E-state index is 0.345. The first-order chi connectivity index (χ1) is 6.75. The predicted octanol–water partition coefficient (Wildman–Crippen LogP) is 2.34. The van der Waals surface area contributed by atoms with E-state index in [4.69, 9.17) is 5.11 Å². The molecule has 2 nitrogen and oxygen atoms in total. The highest BCUT2D eigenvalue weighted by Gasteiger charge is 2.37. The van der Waals surface area contributed by atoms with Crippen molar-refractivity contribution in [1.82, 2.24) is 0 Å². The van der Waals surface area contributed by atoms with Crippen molar-refractivity contribution in [3.05, 3.63) is 35.9 Å². The van der Waals surface area contributed by atoms with Gasteiger partial charge in [-0.2, -0.15) is 0 Å². The van der Waals surface area contributed by atoms with Crippen LogP contribution in [0.1, 0.15) is 18.4 Å².